The predicted octanol–water partition coefficient (Wildman–Crippen LogP) is 3.34. The van der Waals surface area contributed by atoms with Gasteiger partial charge in [-0.1, -0.05) is 12.1 Å². The number of anilines is 1. The Bertz CT molecular complexity index is 1190. The van der Waals surface area contributed by atoms with Crippen molar-refractivity contribution in [2.24, 2.45) is 0 Å². The molecule has 10 heteroatoms. The molecule has 1 unspecified atom stereocenters. The van der Waals surface area contributed by atoms with Crippen molar-refractivity contribution in [3.63, 3.8) is 0 Å². The summed E-state index contributed by atoms with van der Waals surface area (Å²) in [5.74, 6) is 0.467. The maximum absolute atomic E-state index is 13.6. The van der Waals surface area contributed by atoms with Gasteiger partial charge in [-0.05, 0) is 31.5 Å². The van der Waals surface area contributed by atoms with Gasteiger partial charge in [-0.15, -0.1) is 11.3 Å². The van der Waals surface area contributed by atoms with Crippen LogP contribution in [0.2, 0.25) is 0 Å². The molecule has 2 aromatic heterocycles. The zero-order valence-corrected chi connectivity index (χ0v) is 19.3. The van der Waals surface area contributed by atoms with Crippen LogP contribution in [0.25, 0.3) is 0 Å². The van der Waals surface area contributed by atoms with Gasteiger partial charge in [-0.25, -0.2) is 19.5 Å². The smallest absolute Gasteiger partial charge is 0.425 e. The van der Waals surface area contributed by atoms with Crippen LogP contribution < -0.4 is 9.64 Å². The second kappa shape index (κ2) is 8.45. The Kier molecular flexibility index (Phi) is 5.85. The number of hydrogen-bond acceptors (Lipinski definition) is 7. The zero-order chi connectivity index (χ0) is 23.0. The maximum atomic E-state index is 13.6. The molecule has 1 aliphatic rings. The fourth-order valence-corrected chi connectivity index (χ4v) is 4.59. The minimum Gasteiger partial charge on any atom is -0.425 e. The predicted molar refractivity (Wildman–Crippen MR) is 120 cm³/mol. The molecule has 0 aliphatic carbocycles. The number of aryl methyl sites for hydroxylation is 2. The van der Waals surface area contributed by atoms with Gasteiger partial charge in [-0.2, -0.15) is 9.47 Å². The average Bonchev–Trinajstić information content (AvgIpc) is 3.33. The number of thiazole rings is 1. The molecule has 1 N–H and O–H groups in total. The highest BCUT2D eigenvalue weighted by Crippen LogP contribution is 2.36. The Morgan fingerprint density at radius 3 is 2.69 bits per heavy atom. The van der Waals surface area contributed by atoms with Gasteiger partial charge in [0.25, 0.3) is 0 Å². The molecule has 0 fully saturated rings. The van der Waals surface area contributed by atoms with Gasteiger partial charge in [-0.3, -0.25) is 4.57 Å². The lowest BCUT2D eigenvalue weighted by Gasteiger charge is -2.35. The number of carbonyl (C=O) groups is 2. The molecule has 4 rings (SSSR count). The SMILES string of the molecule is Cc1cccc(Oc2nc3c(n2Cc2ncc(C)s2)C(=O)[N+](C)(CCCO)C(=O)N3C)c1. The van der Waals surface area contributed by atoms with Crippen molar-refractivity contribution >= 4 is 29.1 Å². The molecular formula is C22H26N5O4S+. The molecule has 0 saturated carbocycles. The number of aliphatic hydroxyl groups is 1. The summed E-state index contributed by atoms with van der Waals surface area (Å²) in [5.41, 5.74) is 1.32. The Morgan fingerprint density at radius 1 is 1.25 bits per heavy atom. The summed E-state index contributed by atoms with van der Waals surface area (Å²) in [4.78, 5) is 38.2. The number of nitrogens with zero attached hydrogens (tertiary/aromatic N) is 5. The normalized spacial score (nSPS) is 18.2. The molecule has 1 atom stereocenters. The number of imide groups is 1. The number of aliphatic hydroxyl groups excluding tert-OH is 1. The third-order valence-electron chi connectivity index (χ3n) is 5.52. The lowest BCUT2D eigenvalue weighted by molar-refractivity contribution is -0.745. The molecule has 1 aromatic carbocycles. The maximum Gasteiger partial charge on any atom is 0.432 e. The second-order valence-electron chi connectivity index (χ2n) is 8.07. The zero-order valence-electron chi connectivity index (χ0n) is 18.5. The van der Waals surface area contributed by atoms with E-state index in [4.69, 9.17) is 4.74 Å². The highest BCUT2D eigenvalue weighted by atomic mass is 32.1. The quantitative estimate of drug-likeness (QED) is 0.548. The summed E-state index contributed by atoms with van der Waals surface area (Å²) in [6, 6.07) is 7.36. The third-order valence-corrected chi connectivity index (χ3v) is 6.41. The lowest BCUT2D eigenvalue weighted by Crippen LogP contribution is -2.62. The van der Waals surface area contributed by atoms with Crippen LogP contribution in [0.1, 0.15) is 32.4 Å². The molecule has 9 nitrogen and oxygen atoms in total. The summed E-state index contributed by atoms with van der Waals surface area (Å²) in [6.07, 6.45) is 2.10. The first kappa shape index (κ1) is 22.1. The van der Waals surface area contributed by atoms with Crippen molar-refractivity contribution in [2.75, 3.05) is 32.1 Å². The van der Waals surface area contributed by atoms with Crippen molar-refractivity contribution in [2.45, 2.75) is 26.8 Å². The monoisotopic (exact) mass is 456 g/mol. The van der Waals surface area contributed by atoms with Crippen molar-refractivity contribution in [1.82, 2.24) is 14.5 Å². The number of amides is 3. The van der Waals surface area contributed by atoms with E-state index in [1.54, 1.807) is 24.9 Å². The van der Waals surface area contributed by atoms with Crippen LogP contribution >= 0.6 is 11.3 Å². The Labute approximate surface area is 190 Å². The van der Waals surface area contributed by atoms with Crippen LogP contribution in [0.15, 0.2) is 30.5 Å². The summed E-state index contributed by atoms with van der Waals surface area (Å²) >= 11 is 1.53. The first-order valence-corrected chi connectivity index (χ1v) is 11.1. The van der Waals surface area contributed by atoms with E-state index in [1.807, 2.05) is 38.1 Å². The van der Waals surface area contributed by atoms with Crippen LogP contribution in [0.5, 0.6) is 11.8 Å². The first-order chi connectivity index (χ1) is 15.2. The van der Waals surface area contributed by atoms with E-state index < -0.39 is 10.5 Å². The molecule has 0 spiro atoms. The van der Waals surface area contributed by atoms with Gasteiger partial charge >= 0.3 is 17.9 Å². The van der Waals surface area contributed by atoms with E-state index in [1.165, 1.54) is 16.2 Å². The van der Waals surface area contributed by atoms with Crippen molar-refractivity contribution < 1.29 is 23.9 Å². The number of quaternary nitrogens is 1. The van der Waals surface area contributed by atoms with Crippen LogP contribution in [-0.4, -0.2) is 63.3 Å². The Balaban J connectivity index is 1.84. The molecule has 1 aliphatic heterocycles. The third kappa shape index (κ3) is 3.81. The molecule has 0 radical (unpaired) electrons. The number of benzene rings is 1. The van der Waals surface area contributed by atoms with Crippen LogP contribution in [0.3, 0.4) is 0 Å². The van der Waals surface area contributed by atoms with Gasteiger partial charge in [0.05, 0.1) is 20.1 Å². The summed E-state index contributed by atoms with van der Waals surface area (Å²) in [5, 5.41) is 10.1. The van der Waals surface area contributed by atoms with Crippen LogP contribution in [0, 0.1) is 13.8 Å². The molecule has 3 heterocycles. The highest BCUT2D eigenvalue weighted by molar-refractivity contribution is 7.11. The standard InChI is InChI=1S/C22H26N5O4S/c1-14-7-5-8-16(11-14)31-21-24-19-18(26(21)13-17-23-12-15(2)32-17)20(29)27(4,9-6-10-28)22(30)25(19)3/h5,7-8,11-12,28H,6,9-10,13H2,1-4H3/q+1. The summed E-state index contributed by atoms with van der Waals surface area (Å²) in [6.45, 7) is 4.30. The fourth-order valence-electron chi connectivity index (χ4n) is 3.81. The highest BCUT2D eigenvalue weighted by Gasteiger charge is 2.52. The summed E-state index contributed by atoms with van der Waals surface area (Å²) < 4.78 is 7.31. The molecule has 3 amide bonds. The second-order valence-corrected chi connectivity index (χ2v) is 9.39. The van der Waals surface area contributed by atoms with E-state index in [-0.39, 0.29) is 37.4 Å². The molecule has 168 valence electrons. The van der Waals surface area contributed by atoms with E-state index in [0.29, 0.717) is 17.9 Å². The molecular weight excluding hydrogens is 430 g/mol. The largest absolute Gasteiger partial charge is 0.432 e. The van der Waals surface area contributed by atoms with E-state index in [0.717, 1.165) is 15.4 Å². The van der Waals surface area contributed by atoms with Crippen molar-refractivity contribution in [1.29, 1.82) is 0 Å². The minimum absolute atomic E-state index is 0.107. The fraction of sp³-hybridized carbons (Fsp3) is 0.364. The lowest BCUT2D eigenvalue weighted by atomic mass is 10.2. The van der Waals surface area contributed by atoms with Crippen molar-refractivity contribution in [3.05, 3.63) is 51.6 Å². The number of urea groups is 1. The van der Waals surface area contributed by atoms with Crippen molar-refractivity contribution in [3.8, 4) is 11.8 Å². The number of aromatic nitrogens is 3. The van der Waals surface area contributed by atoms with E-state index in [2.05, 4.69) is 9.97 Å². The molecule has 0 bridgehead atoms. The van der Waals surface area contributed by atoms with Crippen LogP contribution in [0.4, 0.5) is 10.6 Å². The van der Waals surface area contributed by atoms with Crippen LogP contribution in [-0.2, 0) is 6.54 Å². The summed E-state index contributed by atoms with van der Waals surface area (Å²) in [7, 11) is 3.18. The number of imidazole rings is 1. The van der Waals surface area contributed by atoms with Gasteiger partial charge < -0.3 is 9.84 Å². The number of carbonyl (C=O) groups excluding carboxylic acids is 2. The first-order valence-electron chi connectivity index (χ1n) is 10.3. The number of ether oxygens (including phenoxy) is 1. The minimum atomic E-state index is -0.476. The van der Waals surface area contributed by atoms with Gasteiger partial charge in [0.1, 0.15) is 10.8 Å². The molecule has 32 heavy (non-hydrogen) atoms. The Morgan fingerprint density at radius 2 is 2.03 bits per heavy atom. The van der Waals surface area contributed by atoms with E-state index >= 15 is 0 Å². The van der Waals surface area contributed by atoms with Gasteiger partial charge in [0.2, 0.25) is 0 Å². The number of rotatable bonds is 7. The topological polar surface area (TPSA) is 97.5 Å². The van der Waals surface area contributed by atoms with Gasteiger partial charge in [0.15, 0.2) is 11.5 Å². The molecule has 3 aromatic rings. The molecule has 0 saturated heterocycles. The number of hydrogen-bond donors (Lipinski definition) is 1. The van der Waals surface area contributed by atoms with E-state index in [9.17, 15) is 14.7 Å². The van der Waals surface area contributed by atoms with Gasteiger partial charge in [0, 0.05) is 31.1 Å². The average molecular weight is 457 g/mol. The Hall–Kier alpha value is -3.08. The number of fused-ring (bicyclic) bond motifs is 1.